The second-order valence-electron chi connectivity index (χ2n) is 5.09. The van der Waals surface area contributed by atoms with Crippen LogP contribution >= 0.6 is 0 Å². The van der Waals surface area contributed by atoms with Crippen molar-refractivity contribution in [3.63, 3.8) is 0 Å². The van der Waals surface area contributed by atoms with E-state index in [1.54, 1.807) is 0 Å². The summed E-state index contributed by atoms with van der Waals surface area (Å²) in [5.74, 6) is -0.704. The summed E-state index contributed by atoms with van der Waals surface area (Å²) in [5.41, 5.74) is 0. The molecule has 1 aliphatic heterocycles. The molecule has 0 aromatic rings. The fourth-order valence-electron chi connectivity index (χ4n) is 2.40. The Morgan fingerprint density at radius 2 is 2.29 bits per heavy atom. The van der Waals surface area contributed by atoms with Crippen molar-refractivity contribution in [2.45, 2.75) is 64.0 Å². The molecule has 4 nitrogen and oxygen atoms in total. The van der Waals surface area contributed by atoms with Crippen LogP contribution in [0.5, 0.6) is 0 Å². The Morgan fingerprint density at radius 3 is 3.06 bits per heavy atom. The lowest BCUT2D eigenvalue weighted by atomic mass is 10.0. The van der Waals surface area contributed by atoms with E-state index in [9.17, 15) is 4.79 Å². The molecule has 0 aromatic heterocycles. The molecule has 2 unspecified atom stereocenters. The van der Waals surface area contributed by atoms with E-state index < -0.39 is 5.97 Å². The summed E-state index contributed by atoms with van der Waals surface area (Å²) in [6.45, 7) is 4.14. The number of aliphatic carboxylic acids is 1. The van der Waals surface area contributed by atoms with E-state index in [1.807, 2.05) is 0 Å². The second kappa shape index (κ2) is 8.48. The van der Waals surface area contributed by atoms with Crippen molar-refractivity contribution in [3.05, 3.63) is 0 Å². The molecule has 0 amide bonds. The summed E-state index contributed by atoms with van der Waals surface area (Å²) in [4.78, 5) is 10.4. The molecule has 3 N–H and O–H groups in total. The maximum absolute atomic E-state index is 10.4. The Kier molecular flexibility index (Phi) is 7.21. The van der Waals surface area contributed by atoms with Crippen molar-refractivity contribution in [2.24, 2.45) is 0 Å². The first-order chi connectivity index (χ1) is 8.18. The van der Waals surface area contributed by atoms with Gasteiger partial charge in [-0.05, 0) is 45.7 Å². The number of nitrogens with one attached hydrogen (secondary N) is 2. The van der Waals surface area contributed by atoms with E-state index in [0.717, 1.165) is 25.9 Å². The first kappa shape index (κ1) is 14.5. The van der Waals surface area contributed by atoms with E-state index >= 15 is 0 Å². The van der Waals surface area contributed by atoms with Gasteiger partial charge in [0, 0.05) is 18.5 Å². The van der Waals surface area contributed by atoms with Gasteiger partial charge in [-0.1, -0.05) is 12.8 Å². The van der Waals surface area contributed by atoms with Crippen molar-refractivity contribution in [1.29, 1.82) is 0 Å². The summed E-state index contributed by atoms with van der Waals surface area (Å²) in [6.07, 6.45) is 7.40. The molecule has 0 aromatic carbocycles. The minimum Gasteiger partial charge on any atom is -0.481 e. The maximum atomic E-state index is 10.4. The van der Waals surface area contributed by atoms with Crippen LogP contribution in [-0.2, 0) is 4.79 Å². The van der Waals surface area contributed by atoms with Gasteiger partial charge in [-0.3, -0.25) is 4.79 Å². The van der Waals surface area contributed by atoms with Gasteiger partial charge in [0.1, 0.15) is 0 Å². The largest absolute Gasteiger partial charge is 0.481 e. The van der Waals surface area contributed by atoms with E-state index in [1.165, 1.54) is 25.7 Å². The molecule has 1 rings (SSSR count). The van der Waals surface area contributed by atoms with Gasteiger partial charge in [0.2, 0.25) is 0 Å². The number of hydrogen-bond donors (Lipinski definition) is 3. The molecule has 1 saturated heterocycles. The predicted molar refractivity (Wildman–Crippen MR) is 69.2 cm³/mol. The lowest BCUT2D eigenvalue weighted by Gasteiger charge is -2.21. The van der Waals surface area contributed by atoms with Gasteiger partial charge in [0.25, 0.3) is 0 Å². The molecule has 0 radical (unpaired) electrons. The van der Waals surface area contributed by atoms with Crippen LogP contribution in [0.1, 0.15) is 51.9 Å². The quantitative estimate of drug-likeness (QED) is 0.595. The third-order valence-electron chi connectivity index (χ3n) is 3.36. The fraction of sp³-hybridized carbons (Fsp3) is 0.923. The van der Waals surface area contributed by atoms with Crippen molar-refractivity contribution in [1.82, 2.24) is 10.6 Å². The average Bonchev–Trinajstić information content (AvgIpc) is 2.53. The molecule has 4 heteroatoms. The molecule has 17 heavy (non-hydrogen) atoms. The van der Waals surface area contributed by atoms with Gasteiger partial charge < -0.3 is 15.7 Å². The summed E-state index contributed by atoms with van der Waals surface area (Å²) < 4.78 is 0. The van der Waals surface area contributed by atoms with Gasteiger partial charge >= 0.3 is 5.97 Å². The highest BCUT2D eigenvalue weighted by Crippen LogP contribution is 2.12. The lowest BCUT2D eigenvalue weighted by Crippen LogP contribution is -2.37. The average molecular weight is 242 g/mol. The van der Waals surface area contributed by atoms with E-state index in [4.69, 9.17) is 5.11 Å². The molecular formula is C13H26N2O2. The molecule has 1 aliphatic rings. The van der Waals surface area contributed by atoms with Crippen molar-refractivity contribution in [3.8, 4) is 0 Å². The van der Waals surface area contributed by atoms with Gasteiger partial charge in [0.15, 0.2) is 0 Å². The van der Waals surface area contributed by atoms with Crippen molar-refractivity contribution in [2.75, 3.05) is 13.1 Å². The number of rotatable bonds is 7. The predicted octanol–water partition coefficient (Wildman–Crippen LogP) is 1.75. The summed E-state index contributed by atoms with van der Waals surface area (Å²) in [7, 11) is 0. The van der Waals surface area contributed by atoms with Gasteiger partial charge in [-0.15, -0.1) is 0 Å². The molecular weight excluding hydrogens is 216 g/mol. The van der Waals surface area contributed by atoms with Gasteiger partial charge in [0.05, 0.1) is 0 Å². The first-order valence-electron chi connectivity index (χ1n) is 6.87. The number of carbonyl (C=O) groups is 1. The Morgan fingerprint density at radius 1 is 1.47 bits per heavy atom. The minimum atomic E-state index is -0.704. The van der Waals surface area contributed by atoms with Crippen LogP contribution < -0.4 is 10.6 Å². The molecule has 0 saturated carbocycles. The zero-order valence-corrected chi connectivity index (χ0v) is 10.9. The molecule has 0 aliphatic carbocycles. The van der Waals surface area contributed by atoms with Crippen molar-refractivity contribution < 1.29 is 9.90 Å². The van der Waals surface area contributed by atoms with E-state index in [0.29, 0.717) is 12.1 Å². The van der Waals surface area contributed by atoms with Crippen LogP contribution in [0.25, 0.3) is 0 Å². The number of hydrogen-bond acceptors (Lipinski definition) is 3. The molecule has 1 fully saturated rings. The van der Waals surface area contributed by atoms with Crippen LogP contribution in [0, 0.1) is 0 Å². The summed E-state index contributed by atoms with van der Waals surface area (Å²) >= 11 is 0. The van der Waals surface area contributed by atoms with E-state index in [-0.39, 0.29) is 6.42 Å². The van der Waals surface area contributed by atoms with Gasteiger partial charge in [-0.2, -0.15) is 0 Å². The highest BCUT2D eigenvalue weighted by molar-refractivity contribution is 5.66. The second-order valence-corrected chi connectivity index (χ2v) is 5.09. The highest BCUT2D eigenvalue weighted by atomic mass is 16.4. The molecule has 1 heterocycles. The van der Waals surface area contributed by atoms with E-state index in [2.05, 4.69) is 17.6 Å². The SMILES string of the molecule is CC(CC1CCCCCN1)NCCCC(=O)O. The maximum Gasteiger partial charge on any atom is 0.303 e. The van der Waals surface area contributed by atoms with Crippen LogP contribution in [0.4, 0.5) is 0 Å². The lowest BCUT2D eigenvalue weighted by molar-refractivity contribution is -0.137. The Balaban J connectivity index is 2.06. The monoisotopic (exact) mass is 242 g/mol. The topological polar surface area (TPSA) is 61.4 Å². The van der Waals surface area contributed by atoms with Gasteiger partial charge in [-0.25, -0.2) is 0 Å². The number of carboxylic acids is 1. The standard InChI is InChI=1S/C13H26N2O2/c1-11(14-9-5-7-13(16)17)10-12-6-3-2-4-8-15-12/h11-12,14-15H,2-10H2,1H3,(H,16,17). The van der Waals surface area contributed by atoms with Crippen LogP contribution in [-0.4, -0.2) is 36.2 Å². The molecule has 2 atom stereocenters. The van der Waals surface area contributed by atoms with Crippen molar-refractivity contribution >= 4 is 5.97 Å². The minimum absolute atomic E-state index is 0.265. The van der Waals surface area contributed by atoms with Crippen LogP contribution in [0.2, 0.25) is 0 Å². The Hall–Kier alpha value is -0.610. The molecule has 0 spiro atoms. The zero-order valence-electron chi connectivity index (χ0n) is 10.9. The third kappa shape index (κ3) is 7.34. The fourth-order valence-corrected chi connectivity index (χ4v) is 2.40. The first-order valence-corrected chi connectivity index (χ1v) is 6.87. The van der Waals surface area contributed by atoms with Crippen LogP contribution in [0.15, 0.2) is 0 Å². The Labute approximate surface area is 104 Å². The smallest absolute Gasteiger partial charge is 0.303 e. The Bertz CT molecular complexity index is 213. The highest BCUT2D eigenvalue weighted by Gasteiger charge is 2.14. The summed E-state index contributed by atoms with van der Waals surface area (Å²) in [6, 6.07) is 1.11. The zero-order chi connectivity index (χ0) is 12.5. The normalized spacial score (nSPS) is 23.0. The summed E-state index contributed by atoms with van der Waals surface area (Å²) in [5, 5.41) is 15.5. The molecule has 0 bridgehead atoms. The van der Waals surface area contributed by atoms with Crippen LogP contribution in [0.3, 0.4) is 0 Å². The number of carboxylic acid groups (broad SMARTS) is 1. The molecule has 100 valence electrons. The third-order valence-corrected chi connectivity index (χ3v) is 3.36.